The molecule has 2 aromatic carbocycles. The van der Waals surface area contributed by atoms with E-state index in [2.05, 4.69) is 0 Å². The van der Waals surface area contributed by atoms with Crippen LogP contribution in [0.15, 0.2) is 54.6 Å². The Hall–Kier alpha value is -1.84. The lowest BCUT2D eigenvalue weighted by Crippen LogP contribution is -2.42. The molecule has 2 rings (SSSR count). The summed E-state index contributed by atoms with van der Waals surface area (Å²) in [5.74, 6) is -0.0705. The van der Waals surface area contributed by atoms with Gasteiger partial charge in [0.2, 0.25) is 5.91 Å². The normalized spacial score (nSPS) is 12.0. The van der Waals surface area contributed by atoms with Crippen LogP contribution in [0.25, 0.3) is 0 Å². The fourth-order valence-corrected chi connectivity index (χ4v) is 2.44. The van der Waals surface area contributed by atoms with Crippen LogP contribution in [0.5, 0.6) is 0 Å². The second kappa shape index (κ2) is 7.25. The van der Waals surface area contributed by atoms with E-state index in [-0.39, 0.29) is 5.91 Å². The molecule has 0 aliphatic carbocycles. The quantitative estimate of drug-likeness (QED) is 0.923. The molecule has 0 bridgehead atoms. The highest BCUT2D eigenvalue weighted by atomic mass is 35.5. The molecule has 2 aromatic rings. The lowest BCUT2D eigenvalue weighted by molar-refractivity contribution is -0.131. The minimum absolute atomic E-state index is 0.0705. The van der Waals surface area contributed by atoms with Gasteiger partial charge in [-0.15, -0.1) is 0 Å². The molecule has 0 aliphatic heterocycles. The van der Waals surface area contributed by atoms with E-state index in [0.29, 0.717) is 18.0 Å². The van der Waals surface area contributed by atoms with E-state index in [4.69, 9.17) is 17.3 Å². The van der Waals surface area contributed by atoms with Crippen molar-refractivity contribution in [3.8, 4) is 0 Å². The second-order valence-electron chi connectivity index (χ2n) is 5.12. The number of hydrogen-bond donors (Lipinski definition) is 1. The first-order valence-electron chi connectivity index (χ1n) is 6.85. The van der Waals surface area contributed by atoms with Crippen LogP contribution in [-0.4, -0.2) is 23.9 Å². The average molecular weight is 303 g/mol. The summed E-state index contributed by atoms with van der Waals surface area (Å²) in [6.07, 6.45) is 0.541. The van der Waals surface area contributed by atoms with Crippen LogP contribution in [0.3, 0.4) is 0 Å². The Morgan fingerprint density at radius 3 is 2.48 bits per heavy atom. The smallest absolute Gasteiger partial charge is 0.239 e. The minimum atomic E-state index is -0.531. The number of likely N-dealkylation sites (N-methyl/N-ethyl adjacent to an activating group) is 1. The molecule has 21 heavy (non-hydrogen) atoms. The summed E-state index contributed by atoms with van der Waals surface area (Å²) < 4.78 is 0. The molecule has 0 radical (unpaired) electrons. The summed E-state index contributed by atoms with van der Waals surface area (Å²) in [4.78, 5) is 13.9. The topological polar surface area (TPSA) is 46.3 Å². The minimum Gasteiger partial charge on any atom is -0.340 e. The van der Waals surface area contributed by atoms with Crippen molar-refractivity contribution in [2.24, 2.45) is 5.73 Å². The Morgan fingerprint density at radius 1 is 1.14 bits per heavy atom. The number of rotatable bonds is 5. The molecule has 0 aliphatic rings. The summed E-state index contributed by atoms with van der Waals surface area (Å²) in [7, 11) is 1.76. The number of nitrogens with two attached hydrogens (primary N) is 1. The van der Waals surface area contributed by atoms with Gasteiger partial charge in [0.25, 0.3) is 0 Å². The van der Waals surface area contributed by atoms with Crippen molar-refractivity contribution in [3.05, 3.63) is 70.7 Å². The number of carbonyl (C=O) groups excluding carboxylic acids is 1. The van der Waals surface area contributed by atoms with Crippen molar-refractivity contribution in [1.82, 2.24) is 4.90 Å². The molecule has 0 saturated carbocycles. The highest BCUT2D eigenvalue weighted by Crippen LogP contribution is 2.13. The van der Waals surface area contributed by atoms with E-state index in [9.17, 15) is 4.79 Å². The van der Waals surface area contributed by atoms with Crippen LogP contribution in [0.4, 0.5) is 0 Å². The number of carbonyl (C=O) groups is 1. The van der Waals surface area contributed by atoms with E-state index in [1.807, 2.05) is 54.6 Å². The molecule has 4 heteroatoms. The lowest BCUT2D eigenvalue weighted by Gasteiger charge is -2.21. The summed E-state index contributed by atoms with van der Waals surface area (Å²) in [5.41, 5.74) is 8.07. The first-order valence-corrected chi connectivity index (χ1v) is 7.23. The largest absolute Gasteiger partial charge is 0.340 e. The fraction of sp³-hybridized carbons (Fsp3) is 0.235. The first-order chi connectivity index (χ1) is 10.1. The molecular weight excluding hydrogens is 284 g/mol. The van der Waals surface area contributed by atoms with Gasteiger partial charge >= 0.3 is 0 Å². The molecule has 1 atom stereocenters. The summed E-state index contributed by atoms with van der Waals surface area (Å²) in [6.45, 7) is 0.502. The number of halogens is 1. The average Bonchev–Trinajstić information content (AvgIpc) is 2.47. The first kappa shape index (κ1) is 15.5. The van der Waals surface area contributed by atoms with Gasteiger partial charge in [-0.2, -0.15) is 0 Å². The molecular formula is C17H19ClN2O. The number of nitrogens with zero attached hydrogens (tertiary/aromatic N) is 1. The van der Waals surface area contributed by atoms with Gasteiger partial charge in [-0.05, 0) is 29.7 Å². The van der Waals surface area contributed by atoms with Gasteiger partial charge in [0.15, 0.2) is 0 Å². The van der Waals surface area contributed by atoms with Gasteiger partial charge in [0, 0.05) is 18.6 Å². The van der Waals surface area contributed by atoms with E-state index < -0.39 is 6.04 Å². The van der Waals surface area contributed by atoms with Gasteiger partial charge < -0.3 is 10.6 Å². The molecule has 0 aromatic heterocycles. The van der Waals surface area contributed by atoms with Crippen molar-refractivity contribution >= 4 is 17.5 Å². The molecule has 0 spiro atoms. The van der Waals surface area contributed by atoms with Crippen LogP contribution < -0.4 is 5.73 Å². The molecule has 110 valence electrons. The maximum absolute atomic E-state index is 12.3. The third-order valence-corrected chi connectivity index (χ3v) is 3.54. The Balaban J connectivity index is 1.95. The highest BCUT2D eigenvalue weighted by molar-refractivity contribution is 6.30. The van der Waals surface area contributed by atoms with Gasteiger partial charge in [-0.3, -0.25) is 4.79 Å². The number of amides is 1. The second-order valence-corrected chi connectivity index (χ2v) is 5.56. The van der Waals surface area contributed by atoms with Crippen molar-refractivity contribution < 1.29 is 4.79 Å². The Kier molecular flexibility index (Phi) is 5.37. The molecule has 2 N–H and O–H groups in total. The predicted octanol–water partition coefficient (Wildman–Crippen LogP) is 2.87. The Morgan fingerprint density at radius 2 is 1.81 bits per heavy atom. The van der Waals surface area contributed by atoms with Crippen LogP contribution >= 0.6 is 11.6 Å². The predicted molar refractivity (Wildman–Crippen MR) is 86.0 cm³/mol. The Labute approximate surface area is 130 Å². The van der Waals surface area contributed by atoms with E-state index in [1.54, 1.807) is 11.9 Å². The Bertz CT molecular complexity index is 601. The number of benzene rings is 2. The molecule has 1 unspecified atom stereocenters. The van der Waals surface area contributed by atoms with Crippen molar-refractivity contribution in [3.63, 3.8) is 0 Å². The molecule has 0 saturated heterocycles. The molecule has 0 heterocycles. The van der Waals surface area contributed by atoms with Gasteiger partial charge in [-0.1, -0.05) is 54.1 Å². The maximum atomic E-state index is 12.3. The standard InChI is InChI=1S/C17H19ClN2O/c1-20(12-14-8-5-9-15(18)10-14)17(21)16(19)11-13-6-3-2-4-7-13/h2-10,16H,11-12,19H2,1H3. The molecule has 0 fully saturated rings. The zero-order valence-electron chi connectivity index (χ0n) is 12.0. The van der Waals surface area contributed by atoms with Gasteiger partial charge in [0.05, 0.1) is 6.04 Å². The summed E-state index contributed by atoms with van der Waals surface area (Å²) in [5, 5.41) is 0.668. The van der Waals surface area contributed by atoms with Crippen LogP contribution in [0.1, 0.15) is 11.1 Å². The molecule has 1 amide bonds. The van der Waals surface area contributed by atoms with Gasteiger partial charge in [0.1, 0.15) is 0 Å². The van der Waals surface area contributed by atoms with Crippen molar-refractivity contribution in [2.75, 3.05) is 7.05 Å². The van der Waals surface area contributed by atoms with E-state index >= 15 is 0 Å². The third kappa shape index (κ3) is 4.59. The summed E-state index contributed by atoms with van der Waals surface area (Å²) >= 11 is 5.95. The van der Waals surface area contributed by atoms with Crippen LogP contribution in [-0.2, 0) is 17.8 Å². The zero-order chi connectivity index (χ0) is 15.2. The fourth-order valence-electron chi connectivity index (χ4n) is 2.23. The van der Waals surface area contributed by atoms with E-state index in [1.165, 1.54) is 0 Å². The SMILES string of the molecule is CN(Cc1cccc(Cl)c1)C(=O)C(N)Cc1ccccc1. The summed E-state index contributed by atoms with van der Waals surface area (Å²) in [6, 6.07) is 16.7. The van der Waals surface area contributed by atoms with Crippen molar-refractivity contribution in [1.29, 1.82) is 0 Å². The zero-order valence-corrected chi connectivity index (χ0v) is 12.8. The molecule has 3 nitrogen and oxygen atoms in total. The highest BCUT2D eigenvalue weighted by Gasteiger charge is 2.18. The number of hydrogen-bond acceptors (Lipinski definition) is 2. The maximum Gasteiger partial charge on any atom is 0.239 e. The third-order valence-electron chi connectivity index (χ3n) is 3.30. The monoisotopic (exact) mass is 302 g/mol. The van der Waals surface area contributed by atoms with Crippen LogP contribution in [0.2, 0.25) is 5.02 Å². The van der Waals surface area contributed by atoms with Crippen molar-refractivity contribution in [2.45, 2.75) is 19.0 Å². The van der Waals surface area contributed by atoms with Crippen LogP contribution in [0, 0.1) is 0 Å². The van der Waals surface area contributed by atoms with E-state index in [0.717, 1.165) is 11.1 Å². The lowest BCUT2D eigenvalue weighted by atomic mass is 10.1. The van der Waals surface area contributed by atoms with Gasteiger partial charge in [-0.25, -0.2) is 0 Å².